The van der Waals surface area contributed by atoms with Crippen molar-refractivity contribution >= 4 is 11.9 Å². The third kappa shape index (κ3) is 3.11. The summed E-state index contributed by atoms with van der Waals surface area (Å²) < 4.78 is 22.0. The van der Waals surface area contributed by atoms with Gasteiger partial charge in [0, 0.05) is 11.0 Å². The Morgan fingerprint density at radius 2 is 1.79 bits per heavy atom. The summed E-state index contributed by atoms with van der Waals surface area (Å²) in [5.41, 5.74) is -0.627. The molecule has 154 valence electrons. The molecule has 0 aliphatic heterocycles. The minimum absolute atomic E-state index is 0.209. The molecule has 0 N–H and O–H groups in total. The van der Waals surface area contributed by atoms with Crippen molar-refractivity contribution in [2.24, 2.45) is 11.3 Å². The van der Waals surface area contributed by atoms with E-state index in [1.807, 2.05) is 36.4 Å². The van der Waals surface area contributed by atoms with E-state index in [4.69, 9.17) is 18.6 Å². The van der Waals surface area contributed by atoms with Crippen LogP contribution in [0.25, 0.3) is 11.3 Å². The summed E-state index contributed by atoms with van der Waals surface area (Å²) in [6, 6.07) is 11.6. The molecule has 0 radical (unpaired) electrons. The number of esters is 2. The number of methoxy groups -OCH3 is 1. The molecule has 2 aromatic rings. The Labute approximate surface area is 170 Å². The van der Waals surface area contributed by atoms with Crippen molar-refractivity contribution in [3.05, 3.63) is 42.2 Å². The van der Waals surface area contributed by atoms with Gasteiger partial charge in [0.25, 0.3) is 0 Å². The zero-order chi connectivity index (χ0) is 20.6. The first-order valence-corrected chi connectivity index (χ1v) is 10.1. The molecule has 0 bridgehead atoms. The first kappa shape index (κ1) is 19.6. The van der Waals surface area contributed by atoms with Crippen LogP contribution < -0.4 is 4.74 Å². The van der Waals surface area contributed by atoms with Crippen LogP contribution in [0.5, 0.6) is 5.75 Å². The number of hydrogen-bond acceptors (Lipinski definition) is 6. The van der Waals surface area contributed by atoms with E-state index < -0.39 is 17.4 Å². The van der Waals surface area contributed by atoms with Gasteiger partial charge in [0.05, 0.1) is 20.3 Å². The van der Waals surface area contributed by atoms with Crippen molar-refractivity contribution in [1.29, 1.82) is 0 Å². The first-order chi connectivity index (χ1) is 14.0. The topological polar surface area (TPSA) is 75.0 Å². The molecular weight excluding hydrogens is 372 g/mol. The van der Waals surface area contributed by atoms with Crippen molar-refractivity contribution in [3.63, 3.8) is 0 Å². The van der Waals surface area contributed by atoms with Gasteiger partial charge in [0.1, 0.15) is 17.3 Å². The number of ether oxygens (including phenoxy) is 3. The zero-order valence-electron chi connectivity index (χ0n) is 17.0. The molecule has 29 heavy (non-hydrogen) atoms. The number of benzene rings is 1. The SMILES string of the molecule is CCOC(=O)C1(C(=O)OCC)CC2CC2(c2ccc(-c3cccc(OC)c3)o2)C1. The fourth-order valence-corrected chi connectivity index (χ4v) is 4.75. The van der Waals surface area contributed by atoms with Gasteiger partial charge in [0.15, 0.2) is 5.41 Å². The fraction of sp³-hybridized carbons (Fsp3) is 0.478. The molecule has 2 fully saturated rings. The summed E-state index contributed by atoms with van der Waals surface area (Å²) in [7, 11) is 1.63. The van der Waals surface area contributed by atoms with E-state index in [1.165, 1.54) is 0 Å². The van der Waals surface area contributed by atoms with Crippen LogP contribution in [0.15, 0.2) is 40.8 Å². The van der Waals surface area contributed by atoms with Gasteiger partial charge in [-0.15, -0.1) is 0 Å². The molecular formula is C23H26O6. The predicted octanol–water partition coefficient (Wildman–Crippen LogP) is 4.12. The molecule has 0 spiro atoms. The van der Waals surface area contributed by atoms with Gasteiger partial charge >= 0.3 is 11.9 Å². The smallest absolute Gasteiger partial charge is 0.323 e. The normalized spacial score (nSPS) is 23.9. The summed E-state index contributed by atoms with van der Waals surface area (Å²) in [5, 5.41) is 0. The second-order valence-corrected chi connectivity index (χ2v) is 7.86. The minimum Gasteiger partial charge on any atom is -0.497 e. The second kappa shape index (κ2) is 7.25. The van der Waals surface area contributed by atoms with Crippen LogP contribution in [0.3, 0.4) is 0 Å². The Balaban J connectivity index is 1.63. The van der Waals surface area contributed by atoms with Crippen molar-refractivity contribution in [3.8, 4) is 17.1 Å². The molecule has 2 aliphatic carbocycles. The Kier molecular flexibility index (Phi) is 4.89. The molecule has 6 nitrogen and oxygen atoms in total. The second-order valence-electron chi connectivity index (χ2n) is 7.86. The highest BCUT2D eigenvalue weighted by Gasteiger charge is 2.73. The fourth-order valence-electron chi connectivity index (χ4n) is 4.75. The lowest BCUT2D eigenvalue weighted by Gasteiger charge is -2.27. The van der Waals surface area contributed by atoms with E-state index in [-0.39, 0.29) is 24.5 Å². The van der Waals surface area contributed by atoms with Gasteiger partial charge in [0.2, 0.25) is 0 Å². The minimum atomic E-state index is -1.24. The van der Waals surface area contributed by atoms with Crippen LogP contribution in [0.2, 0.25) is 0 Å². The van der Waals surface area contributed by atoms with Gasteiger partial charge in [-0.25, -0.2) is 0 Å². The van der Waals surface area contributed by atoms with Crippen LogP contribution in [0, 0.1) is 11.3 Å². The van der Waals surface area contributed by atoms with Crippen LogP contribution in [0.4, 0.5) is 0 Å². The molecule has 2 aliphatic rings. The average molecular weight is 398 g/mol. The monoisotopic (exact) mass is 398 g/mol. The van der Waals surface area contributed by atoms with Crippen molar-refractivity contribution < 1.29 is 28.2 Å². The molecule has 1 aromatic heterocycles. The third-order valence-electron chi connectivity index (χ3n) is 6.23. The van der Waals surface area contributed by atoms with Gasteiger partial charge in [-0.05, 0) is 63.3 Å². The maximum Gasteiger partial charge on any atom is 0.323 e. The average Bonchev–Trinajstić information content (AvgIpc) is 3.10. The zero-order valence-corrected chi connectivity index (χ0v) is 17.0. The Bertz CT molecular complexity index is 911. The lowest BCUT2D eigenvalue weighted by Crippen LogP contribution is -2.42. The summed E-state index contributed by atoms with van der Waals surface area (Å²) in [4.78, 5) is 25.5. The van der Waals surface area contributed by atoms with Crippen LogP contribution in [-0.4, -0.2) is 32.3 Å². The highest BCUT2D eigenvalue weighted by atomic mass is 16.6. The maximum atomic E-state index is 12.8. The number of rotatable bonds is 7. The van der Waals surface area contributed by atoms with Crippen LogP contribution >= 0.6 is 0 Å². The maximum absolute atomic E-state index is 12.8. The number of carbonyl (C=O) groups is 2. The lowest BCUT2D eigenvalue weighted by molar-refractivity contribution is -0.172. The number of furan rings is 1. The summed E-state index contributed by atoms with van der Waals surface area (Å²) in [5.74, 6) is 1.56. The molecule has 6 heteroatoms. The van der Waals surface area contributed by atoms with E-state index in [1.54, 1.807) is 21.0 Å². The molecule has 2 unspecified atom stereocenters. The van der Waals surface area contributed by atoms with Gasteiger partial charge < -0.3 is 18.6 Å². The first-order valence-electron chi connectivity index (χ1n) is 10.1. The van der Waals surface area contributed by atoms with Crippen molar-refractivity contribution in [1.82, 2.24) is 0 Å². The van der Waals surface area contributed by atoms with Crippen molar-refractivity contribution in [2.75, 3.05) is 20.3 Å². The molecule has 1 heterocycles. The van der Waals surface area contributed by atoms with Crippen LogP contribution in [-0.2, 0) is 24.5 Å². The van der Waals surface area contributed by atoms with E-state index in [0.717, 1.165) is 29.3 Å². The van der Waals surface area contributed by atoms with Gasteiger partial charge in [-0.2, -0.15) is 0 Å². The molecule has 2 atom stereocenters. The number of hydrogen-bond donors (Lipinski definition) is 0. The van der Waals surface area contributed by atoms with Crippen molar-refractivity contribution in [2.45, 2.75) is 38.5 Å². The number of carbonyl (C=O) groups excluding carboxylic acids is 2. The summed E-state index contributed by atoms with van der Waals surface area (Å²) in [6.07, 6.45) is 1.71. The van der Waals surface area contributed by atoms with Gasteiger partial charge in [-0.1, -0.05) is 12.1 Å². The van der Waals surface area contributed by atoms with Gasteiger partial charge in [-0.3, -0.25) is 9.59 Å². The largest absolute Gasteiger partial charge is 0.497 e. The van der Waals surface area contributed by atoms with E-state index in [9.17, 15) is 9.59 Å². The van der Waals surface area contributed by atoms with E-state index in [2.05, 4.69) is 0 Å². The molecule has 4 rings (SSSR count). The lowest BCUT2D eigenvalue weighted by atomic mass is 9.80. The van der Waals surface area contributed by atoms with E-state index >= 15 is 0 Å². The Morgan fingerprint density at radius 3 is 2.45 bits per heavy atom. The highest BCUT2D eigenvalue weighted by molar-refractivity contribution is 6.01. The van der Waals surface area contributed by atoms with Crippen LogP contribution in [0.1, 0.15) is 38.9 Å². The van der Waals surface area contributed by atoms with E-state index in [0.29, 0.717) is 12.8 Å². The third-order valence-corrected chi connectivity index (χ3v) is 6.23. The standard InChI is InChI=1S/C23H26O6/c1-4-27-20(24)23(21(25)28-5-2)13-16-12-22(16,14-23)19-10-9-18(29-19)15-7-6-8-17(11-15)26-3/h6-11,16H,4-5,12-14H2,1-3H3. The Hall–Kier alpha value is -2.76. The predicted molar refractivity (Wildman–Crippen MR) is 105 cm³/mol. The Morgan fingerprint density at radius 1 is 1.07 bits per heavy atom. The number of fused-ring (bicyclic) bond motifs is 1. The molecule has 0 saturated heterocycles. The quantitative estimate of drug-likeness (QED) is 0.516. The molecule has 1 aromatic carbocycles. The molecule has 2 saturated carbocycles. The summed E-state index contributed by atoms with van der Waals surface area (Å²) >= 11 is 0. The highest BCUT2D eigenvalue weighted by Crippen LogP contribution is 2.70. The summed E-state index contributed by atoms with van der Waals surface area (Å²) in [6.45, 7) is 3.96. The molecule has 0 amide bonds.